The van der Waals surface area contributed by atoms with Gasteiger partial charge in [0, 0.05) is 12.8 Å². The van der Waals surface area contributed by atoms with Gasteiger partial charge in [-0.1, -0.05) is 178 Å². The van der Waals surface area contributed by atoms with E-state index in [1.165, 1.54) is 122 Å². The molecule has 0 atom stereocenters. The van der Waals surface area contributed by atoms with E-state index in [0.717, 1.165) is 44.9 Å². The summed E-state index contributed by atoms with van der Waals surface area (Å²) < 4.78 is 0. The zero-order valence-electron chi connectivity index (χ0n) is 29.1. The van der Waals surface area contributed by atoms with Gasteiger partial charge in [-0.25, -0.2) is 0 Å². The maximum atomic E-state index is 10.4. The van der Waals surface area contributed by atoms with Gasteiger partial charge in [-0.05, 0) is 51.4 Å². The van der Waals surface area contributed by atoms with Gasteiger partial charge in [0.05, 0.1) is 0 Å². The summed E-state index contributed by atoms with van der Waals surface area (Å²) in [5, 5.41) is 17.0. The predicted octanol–water partition coefficient (Wildman–Crippen LogP) is 13.3. The maximum absolute atomic E-state index is 10.4. The lowest BCUT2D eigenvalue weighted by atomic mass is 10.0. The van der Waals surface area contributed by atoms with Gasteiger partial charge in [0.25, 0.3) is 0 Å². The monoisotopic (exact) mass is 617 g/mol. The van der Waals surface area contributed by atoms with E-state index in [-0.39, 0.29) is 6.42 Å². The van der Waals surface area contributed by atoms with Crippen molar-refractivity contribution >= 4 is 11.9 Å². The third kappa shape index (κ3) is 46.8. The average Bonchev–Trinajstić information content (AvgIpc) is 3.00. The number of unbranched alkanes of at least 4 members (excludes halogenated alkanes) is 20. The molecule has 0 aromatic carbocycles. The second-order valence-electron chi connectivity index (χ2n) is 12.2. The van der Waals surface area contributed by atoms with Gasteiger partial charge >= 0.3 is 11.9 Å². The first-order chi connectivity index (χ1) is 21.5. The minimum absolute atomic E-state index is 0.262. The summed E-state index contributed by atoms with van der Waals surface area (Å²) in [6.07, 6.45) is 50.5. The number of carboxylic acids is 2. The molecule has 0 radical (unpaired) electrons. The smallest absolute Gasteiger partial charge is 0.303 e. The summed E-state index contributed by atoms with van der Waals surface area (Å²) in [5.41, 5.74) is 0. The molecular formula is C40H72O4. The lowest BCUT2D eigenvalue weighted by Crippen LogP contribution is -1.93. The molecule has 4 heteroatoms. The molecule has 0 heterocycles. The molecule has 4 nitrogen and oxygen atoms in total. The van der Waals surface area contributed by atoms with E-state index in [4.69, 9.17) is 10.2 Å². The predicted molar refractivity (Wildman–Crippen MR) is 192 cm³/mol. The third-order valence-electron chi connectivity index (χ3n) is 7.71. The van der Waals surface area contributed by atoms with Crippen molar-refractivity contribution in [3.05, 3.63) is 48.6 Å². The van der Waals surface area contributed by atoms with Crippen molar-refractivity contribution in [3.8, 4) is 0 Å². The lowest BCUT2D eigenvalue weighted by molar-refractivity contribution is -0.138. The largest absolute Gasteiger partial charge is 0.481 e. The summed E-state index contributed by atoms with van der Waals surface area (Å²) in [4.78, 5) is 20.7. The van der Waals surface area contributed by atoms with E-state index >= 15 is 0 Å². The lowest BCUT2D eigenvalue weighted by Gasteiger charge is -2.03. The van der Waals surface area contributed by atoms with Crippen LogP contribution in [0.1, 0.15) is 194 Å². The summed E-state index contributed by atoms with van der Waals surface area (Å²) in [5.74, 6) is -1.36. The van der Waals surface area contributed by atoms with Crippen LogP contribution in [-0.2, 0) is 9.59 Å². The molecule has 0 rings (SSSR count). The molecule has 2 N–H and O–H groups in total. The molecule has 0 unspecified atom stereocenters. The van der Waals surface area contributed by atoms with Crippen LogP contribution in [0, 0.1) is 0 Å². The van der Waals surface area contributed by atoms with Crippen LogP contribution in [0.2, 0.25) is 0 Å². The molecule has 0 bridgehead atoms. The summed E-state index contributed by atoms with van der Waals surface area (Å²) in [7, 11) is 0. The van der Waals surface area contributed by atoms with Gasteiger partial charge in [0.2, 0.25) is 0 Å². The molecule has 0 aliphatic heterocycles. The van der Waals surface area contributed by atoms with E-state index in [1.54, 1.807) is 0 Å². The van der Waals surface area contributed by atoms with Gasteiger partial charge in [-0.15, -0.1) is 0 Å². The van der Waals surface area contributed by atoms with Crippen molar-refractivity contribution in [2.45, 2.75) is 194 Å². The molecule has 0 saturated heterocycles. The van der Waals surface area contributed by atoms with Crippen LogP contribution in [0.5, 0.6) is 0 Å². The van der Waals surface area contributed by atoms with Gasteiger partial charge in [-0.2, -0.15) is 0 Å². The molecular weight excluding hydrogens is 544 g/mol. The molecule has 0 aliphatic carbocycles. The Morgan fingerprint density at radius 1 is 0.364 bits per heavy atom. The fourth-order valence-electron chi connectivity index (χ4n) is 4.93. The highest BCUT2D eigenvalue weighted by Crippen LogP contribution is 2.14. The molecule has 256 valence electrons. The van der Waals surface area contributed by atoms with Crippen LogP contribution in [0.3, 0.4) is 0 Å². The van der Waals surface area contributed by atoms with Gasteiger partial charge in [-0.3, -0.25) is 9.59 Å². The molecule has 44 heavy (non-hydrogen) atoms. The SMILES string of the molecule is CCCCC/C=C\C/C=C\C/C=C\C/C=C\CCCC(=O)O.CCCCCCCCCCCCCCCCCCCC(=O)O. The fraction of sp³-hybridized carbons (Fsp3) is 0.750. The second kappa shape index (κ2) is 40.9. The van der Waals surface area contributed by atoms with Crippen molar-refractivity contribution < 1.29 is 19.8 Å². The summed E-state index contributed by atoms with van der Waals surface area (Å²) >= 11 is 0. The van der Waals surface area contributed by atoms with Crippen molar-refractivity contribution in [2.24, 2.45) is 0 Å². The summed E-state index contributed by atoms with van der Waals surface area (Å²) in [6, 6.07) is 0. The van der Waals surface area contributed by atoms with Crippen molar-refractivity contribution in [1.29, 1.82) is 0 Å². The Morgan fingerprint density at radius 3 is 1.00 bits per heavy atom. The molecule has 0 aromatic heterocycles. The Kier molecular flexibility index (Phi) is 40.9. The van der Waals surface area contributed by atoms with Crippen LogP contribution >= 0.6 is 0 Å². The van der Waals surface area contributed by atoms with Crippen molar-refractivity contribution in [2.75, 3.05) is 0 Å². The average molecular weight is 617 g/mol. The number of hydrogen-bond donors (Lipinski definition) is 2. The third-order valence-corrected chi connectivity index (χ3v) is 7.71. The first-order valence-corrected chi connectivity index (χ1v) is 18.6. The zero-order chi connectivity index (χ0) is 32.6. The first kappa shape index (κ1) is 44.0. The number of carboxylic acid groups (broad SMARTS) is 2. The number of allylic oxidation sites excluding steroid dienone is 8. The molecule has 0 amide bonds. The van der Waals surface area contributed by atoms with Crippen LogP contribution in [0.25, 0.3) is 0 Å². The normalized spacial score (nSPS) is 11.7. The molecule has 0 aromatic rings. The van der Waals surface area contributed by atoms with E-state index in [2.05, 4.69) is 62.5 Å². The topological polar surface area (TPSA) is 74.6 Å². The first-order valence-electron chi connectivity index (χ1n) is 18.6. The van der Waals surface area contributed by atoms with Crippen LogP contribution in [0.15, 0.2) is 48.6 Å². The fourth-order valence-corrected chi connectivity index (χ4v) is 4.93. The van der Waals surface area contributed by atoms with Gasteiger partial charge in [0.15, 0.2) is 0 Å². The molecule has 0 spiro atoms. The minimum Gasteiger partial charge on any atom is -0.481 e. The highest BCUT2D eigenvalue weighted by molar-refractivity contribution is 5.66. The number of carbonyl (C=O) groups is 2. The Labute approximate surface area is 273 Å². The highest BCUT2D eigenvalue weighted by Gasteiger charge is 1.97. The molecule has 0 fully saturated rings. The number of rotatable bonds is 32. The van der Waals surface area contributed by atoms with Crippen LogP contribution in [-0.4, -0.2) is 22.2 Å². The molecule has 0 saturated carbocycles. The van der Waals surface area contributed by atoms with E-state index in [1.807, 2.05) is 0 Å². The van der Waals surface area contributed by atoms with Crippen LogP contribution in [0.4, 0.5) is 0 Å². The maximum Gasteiger partial charge on any atom is 0.303 e. The Morgan fingerprint density at radius 2 is 0.636 bits per heavy atom. The Balaban J connectivity index is 0. The van der Waals surface area contributed by atoms with E-state index in [9.17, 15) is 9.59 Å². The zero-order valence-corrected chi connectivity index (χ0v) is 29.1. The van der Waals surface area contributed by atoms with Crippen LogP contribution < -0.4 is 0 Å². The van der Waals surface area contributed by atoms with E-state index in [0.29, 0.717) is 6.42 Å². The Hall–Kier alpha value is -2.10. The van der Waals surface area contributed by atoms with Gasteiger partial charge in [0.1, 0.15) is 0 Å². The number of aliphatic carboxylic acids is 2. The van der Waals surface area contributed by atoms with Gasteiger partial charge < -0.3 is 10.2 Å². The van der Waals surface area contributed by atoms with E-state index < -0.39 is 11.9 Å². The van der Waals surface area contributed by atoms with Crippen molar-refractivity contribution in [1.82, 2.24) is 0 Å². The highest BCUT2D eigenvalue weighted by atomic mass is 16.4. The standard InChI is InChI=1S/C20H40O2.C20H32O2/c2*1-2-3-4-5-6-7-8-9-10-11-12-13-14-15-16-17-18-19-20(21)22/h2-19H2,1H3,(H,21,22);6-7,9-10,12-13,15-16H,2-5,8,11,14,17-19H2,1H3,(H,21,22)/b;7-6-,10-9-,13-12-,16-15-. The summed E-state index contributed by atoms with van der Waals surface area (Å²) in [6.45, 7) is 4.51. The number of hydrogen-bond acceptors (Lipinski definition) is 2. The second-order valence-corrected chi connectivity index (χ2v) is 12.2. The quantitative estimate of drug-likeness (QED) is 0.0582. The minimum atomic E-state index is -0.712. The van der Waals surface area contributed by atoms with Crippen molar-refractivity contribution in [3.63, 3.8) is 0 Å². The molecule has 0 aliphatic rings. The Bertz CT molecular complexity index is 704.